The predicted molar refractivity (Wildman–Crippen MR) is 88.2 cm³/mol. The Morgan fingerprint density at radius 2 is 1.88 bits per heavy atom. The van der Waals surface area contributed by atoms with Gasteiger partial charge in [0.15, 0.2) is 11.5 Å². The van der Waals surface area contributed by atoms with Crippen molar-refractivity contribution in [2.24, 2.45) is 0 Å². The number of anilines is 1. The number of nitrogens with one attached hydrogen (secondary N) is 1. The van der Waals surface area contributed by atoms with Gasteiger partial charge in [0, 0.05) is 12.0 Å². The maximum Gasteiger partial charge on any atom is 0.286 e. The first-order chi connectivity index (χ1) is 11.4. The molecule has 1 aromatic heterocycles. The van der Waals surface area contributed by atoms with Gasteiger partial charge in [-0.1, -0.05) is 25.2 Å². The summed E-state index contributed by atoms with van der Waals surface area (Å²) in [6.45, 7) is 3.90. The number of hydrogen-bond acceptors (Lipinski definition) is 8. The van der Waals surface area contributed by atoms with Gasteiger partial charge in [0.25, 0.3) is 11.6 Å². The molecule has 128 valence electrons. The normalized spacial score (nSPS) is 10.5. The van der Waals surface area contributed by atoms with Crippen LogP contribution in [-0.4, -0.2) is 35.2 Å². The van der Waals surface area contributed by atoms with Crippen LogP contribution in [0.15, 0.2) is 12.1 Å². The van der Waals surface area contributed by atoms with Crippen LogP contribution in [0.5, 0.6) is 11.5 Å². The van der Waals surface area contributed by atoms with E-state index in [0.29, 0.717) is 0 Å². The molecule has 2 aromatic rings. The number of ether oxygens (including phenoxy) is 2. The zero-order chi connectivity index (χ0) is 17.9. The molecule has 9 nitrogen and oxygen atoms in total. The third kappa shape index (κ3) is 3.59. The minimum Gasteiger partial charge on any atom is -0.493 e. The van der Waals surface area contributed by atoms with Crippen molar-refractivity contribution in [3.05, 3.63) is 32.8 Å². The summed E-state index contributed by atoms with van der Waals surface area (Å²) in [5.74, 6) is -0.121. The second-order valence-electron chi connectivity index (χ2n) is 5.04. The van der Waals surface area contributed by atoms with Crippen molar-refractivity contribution in [3.8, 4) is 11.5 Å². The Bertz CT molecular complexity index is 775. The number of carbonyl (C=O) groups is 1. The van der Waals surface area contributed by atoms with Gasteiger partial charge in [-0.05, 0) is 0 Å². The molecule has 0 unspecified atom stereocenters. The van der Waals surface area contributed by atoms with Crippen LogP contribution in [0.3, 0.4) is 0 Å². The van der Waals surface area contributed by atoms with E-state index >= 15 is 0 Å². The molecular formula is C14H16N4O5S. The molecule has 0 fully saturated rings. The molecular weight excluding hydrogens is 336 g/mol. The summed E-state index contributed by atoms with van der Waals surface area (Å²) in [6, 6.07) is 2.41. The first-order valence-electron chi connectivity index (χ1n) is 6.92. The smallest absolute Gasteiger partial charge is 0.286 e. The van der Waals surface area contributed by atoms with Gasteiger partial charge in [-0.3, -0.25) is 20.2 Å². The van der Waals surface area contributed by atoms with E-state index in [1.807, 2.05) is 13.8 Å². The number of rotatable bonds is 6. The maximum atomic E-state index is 12.4. The summed E-state index contributed by atoms with van der Waals surface area (Å²) >= 11 is 1.22. The fraction of sp³-hybridized carbons (Fsp3) is 0.357. The quantitative estimate of drug-likeness (QED) is 0.627. The lowest BCUT2D eigenvalue weighted by Gasteiger charge is -2.10. The van der Waals surface area contributed by atoms with E-state index in [1.165, 1.54) is 31.6 Å². The van der Waals surface area contributed by atoms with Crippen molar-refractivity contribution in [1.82, 2.24) is 10.2 Å². The number of methoxy groups -OCH3 is 2. The maximum absolute atomic E-state index is 12.4. The van der Waals surface area contributed by atoms with E-state index in [-0.39, 0.29) is 28.1 Å². The van der Waals surface area contributed by atoms with Gasteiger partial charge in [0.2, 0.25) is 5.13 Å². The first-order valence-corrected chi connectivity index (χ1v) is 7.74. The lowest BCUT2D eigenvalue weighted by atomic mass is 10.1. The summed E-state index contributed by atoms with van der Waals surface area (Å²) in [7, 11) is 2.74. The van der Waals surface area contributed by atoms with E-state index in [0.717, 1.165) is 11.1 Å². The summed E-state index contributed by atoms with van der Waals surface area (Å²) in [5.41, 5.74) is -0.544. The molecule has 0 bridgehead atoms. The molecule has 24 heavy (non-hydrogen) atoms. The average Bonchev–Trinajstić information content (AvgIpc) is 3.02. The van der Waals surface area contributed by atoms with Gasteiger partial charge >= 0.3 is 0 Å². The van der Waals surface area contributed by atoms with Gasteiger partial charge in [-0.25, -0.2) is 0 Å². The number of aromatic nitrogens is 2. The number of hydrogen-bond donors (Lipinski definition) is 1. The van der Waals surface area contributed by atoms with E-state index < -0.39 is 16.5 Å². The molecule has 1 aromatic carbocycles. The van der Waals surface area contributed by atoms with Crippen LogP contribution in [0, 0.1) is 10.1 Å². The Balaban J connectivity index is 2.37. The van der Waals surface area contributed by atoms with Gasteiger partial charge in [-0.15, -0.1) is 10.2 Å². The molecule has 0 aliphatic rings. The minimum absolute atomic E-state index is 0.154. The van der Waals surface area contributed by atoms with E-state index in [9.17, 15) is 14.9 Å². The Labute approximate surface area is 141 Å². The summed E-state index contributed by atoms with van der Waals surface area (Å²) in [4.78, 5) is 23.0. The summed E-state index contributed by atoms with van der Waals surface area (Å²) in [6.07, 6.45) is 0. The fourth-order valence-electron chi connectivity index (χ4n) is 1.88. The monoisotopic (exact) mass is 352 g/mol. The molecule has 0 aliphatic heterocycles. The Hall–Kier alpha value is -2.75. The van der Waals surface area contributed by atoms with Crippen molar-refractivity contribution in [2.75, 3.05) is 19.5 Å². The number of nitrogens with zero attached hydrogens (tertiary/aromatic N) is 3. The molecule has 10 heteroatoms. The minimum atomic E-state index is -0.672. The lowest BCUT2D eigenvalue weighted by Crippen LogP contribution is -2.14. The van der Waals surface area contributed by atoms with Crippen LogP contribution in [0.25, 0.3) is 0 Å². The molecule has 1 heterocycles. The van der Waals surface area contributed by atoms with Crippen LogP contribution >= 0.6 is 11.3 Å². The number of benzene rings is 1. The Kier molecular flexibility index (Phi) is 5.29. The zero-order valence-corrected chi connectivity index (χ0v) is 14.3. The average molecular weight is 352 g/mol. The molecule has 0 saturated carbocycles. The topological polar surface area (TPSA) is 116 Å². The Morgan fingerprint density at radius 3 is 2.38 bits per heavy atom. The number of nitro benzene ring substituents is 1. The van der Waals surface area contributed by atoms with Crippen LogP contribution in [0.2, 0.25) is 0 Å². The lowest BCUT2D eigenvalue weighted by molar-refractivity contribution is -0.385. The highest BCUT2D eigenvalue weighted by Gasteiger charge is 2.25. The van der Waals surface area contributed by atoms with Crippen molar-refractivity contribution in [3.63, 3.8) is 0 Å². The Morgan fingerprint density at radius 1 is 1.25 bits per heavy atom. The van der Waals surface area contributed by atoms with Crippen LogP contribution in [0.1, 0.15) is 35.1 Å². The molecule has 0 saturated heterocycles. The van der Waals surface area contributed by atoms with Crippen molar-refractivity contribution >= 4 is 28.1 Å². The predicted octanol–water partition coefficient (Wildman–Crippen LogP) is 2.84. The molecule has 0 aliphatic carbocycles. The fourth-order valence-corrected chi connectivity index (χ4v) is 2.62. The third-order valence-electron chi connectivity index (χ3n) is 3.10. The van der Waals surface area contributed by atoms with Crippen molar-refractivity contribution in [1.29, 1.82) is 0 Å². The number of amides is 1. The summed E-state index contributed by atoms with van der Waals surface area (Å²) in [5, 5.41) is 22.6. The SMILES string of the molecule is COc1cc(C(=O)Nc2nnc(C(C)C)s2)c([N+](=O)[O-])cc1OC. The van der Waals surface area contributed by atoms with Crippen molar-refractivity contribution in [2.45, 2.75) is 19.8 Å². The van der Waals surface area contributed by atoms with E-state index in [1.54, 1.807) is 0 Å². The highest BCUT2D eigenvalue weighted by molar-refractivity contribution is 7.15. The van der Waals surface area contributed by atoms with E-state index in [2.05, 4.69) is 15.5 Å². The first kappa shape index (κ1) is 17.6. The standard InChI is InChI=1S/C14H16N4O5S/c1-7(2)13-16-17-14(24-13)15-12(19)8-5-10(22-3)11(23-4)6-9(8)18(20)21/h5-7H,1-4H3,(H,15,17,19). The molecule has 0 radical (unpaired) electrons. The van der Waals surface area contributed by atoms with Gasteiger partial charge in [0.05, 0.1) is 25.2 Å². The second-order valence-corrected chi connectivity index (χ2v) is 6.04. The van der Waals surface area contributed by atoms with Crippen LogP contribution < -0.4 is 14.8 Å². The van der Waals surface area contributed by atoms with Crippen molar-refractivity contribution < 1.29 is 19.2 Å². The largest absolute Gasteiger partial charge is 0.493 e. The molecule has 1 N–H and O–H groups in total. The number of nitro groups is 1. The molecule has 0 atom stereocenters. The van der Waals surface area contributed by atoms with Gasteiger partial charge < -0.3 is 9.47 Å². The zero-order valence-electron chi connectivity index (χ0n) is 13.5. The van der Waals surface area contributed by atoms with E-state index in [4.69, 9.17) is 9.47 Å². The van der Waals surface area contributed by atoms with Crippen LogP contribution in [0.4, 0.5) is 10.8 Å². The van der Waals surface area contributed by atoms with Crippen LogP contribution in [-0.2, 0) is 0 Å². The number of carbonyl (C=O) groups excluding carboxylic acids is 1. The van der Waals surface area contributed by atoms with Gasteiger partial charge in [-0.2, -0.15) is 0 Å². The molecule has 2 rings (SSSR count). The highest BCUT2D eigenvalue weighted by Crippen LogP contribution is 2.35. The molecule has 1 amide bonds. The third-order valence-corrected chi connectivity index (χ3v) is 4.24. The summed E-state index contributed by atoms with van der Waals surface area (Å²) < 4.78 is 10.1. The highest BCUT2D eigenvalue weighted by atomic mass is 32.1. The van der Waals surface area contributed by atoms with Gasteiger partial charge in [0.1, 0.15) is 10.6 Å². The second kappa shape index (κ2) is 7.21. The molecule has 0 spiro atoms.